The Bertz CT molecular complexity index is 491. The van der Waals surface area contributed by atoms with Crippen LogP contribution in [0, 0.1) is 0 Å². The molecule has 0 fully saturated rings. The minimum absolute atomic E-state index is 0.185. The topological polar surface area (TPSA) is 68.3 Å². The predicted molar refractivity (Wildman–Crippen MR) is 114 cm³/mol. The molecule has 0 aromatic carbocycles. The maximum absolute atomic E-state index is 11.8. The highest BCUT2D eigenvalue weighted by Gasteiger charge is 2.04. The molecular weight excluding hydrogens is 352 g/mol. The Kier molecular flexibility index (Phi) is 17.7. The minimum Gasteiger partial charge on any atom is -0.300 e. The Morgan fingerprint density at radius 1 is 0.536 bits per heavy atom. The molecule has 160 valence electrons. The summed E-state index contributed by atoms with van der Waals surface area (Å²) in [6.07, 6.45) is 16.0. The van der Waals surface area contributed by atoms with Crippen molar-refractivity contribution in [1.82, 2.24) is 0 Å². The van der Waals surface area contributed by atoms with Gasteiger partial charge in [0.1, 0.15) is 23.1 Å². The second-order valence-corrected chi connectivity index (χ2v) is 7.74. The first-order valence-corrected chi connectivity index (χ1v) is 11.1. The highest BCUT2D eigenvalue weighted by Crippen LogP contribution is 2.10. The number of carbonyl (C=O) groups excluding carboxylic acids is 4. The Balaban J connectivity index is 3.50. The molecule has 0 spiro atoms. The van der Waals surface area contributed by atoms with E-state index in [-0.39, 0.29) is 17.3 Å². The molecule has 0 rings (SSSR count). The first-order chi connectivity index (χ1) is 13.5. The first-order valence-electron chi connectivity index (χ1n) is 11.1. The van der Waals surface area contributed by atoms with E-state index in [2.05, 4.69) is 6.92 Å². The summed E-state index contributed by atoms with van der Waals surface area (Å²) < 4.78 is 0. The summed E-state index contributed by atoms with van der Waals surface area (Å²) >= 11 is 0. The molecule has 0 unspecified atom stereocenters. The second-order valence-electron chi connectivity index (χ2n) is 7.74. The van der Waals surface area contributed by atoms with Crippen LogP contribution in [0.1, 0.15) is 117 Å². The average molecular weight is 393 g/mol. The summed E-state index contributed by atoms with van der Waals surface area (Å²) in [5.74, 6) is 1.06. The van der Waals surface area contributed by atoms with Crippen LogP contribution in [0.3, 0.4) is 0 Å². The minimum atomic E-state index is 0.185. The van der Waals surface area contributed by atoms with Crippen molar-refractivity contribution in [3.05, 3.63) is 12.2 Å². The van der Waals surface area contributed by atoms with Gasteiger partial charge in [0.25, 0.3) is 0 Å². The number of ketones is 4. The number of hydrogen-bond acceptors (Lipinski definition) is 4. The van der Waals surface area contributed by atoms with Crippen molar-refractivity contribution >= 4 is 23.1 Å². The average Bonchev–Trinajstić information content (AvgIpc) is 2.65. The normalized spacial score (nSPS) is 11.1. The van der Waals surface area contributed by atoms with Crippen LogP contribution in [0.25, 0.3) is 0 Å². The molecular formula is C24H40O4. The molecule has 28 heavy (non-hydrogen) atoms. The van der Waals surface area contributed by atoms with Crippen LogP contribution in [-0.4, -0.2) is 23.1 Å². The van der Waals surface area contributed by atoms with Crippen molar-refractivity contribution in [2.45, 2.75) is 117 Å². The summed E-state index contributed by atoms with van der Waals surface area (Å²) in [7, 11) is 0. The molecule has 4 heteroatoms. The number of Topliss-reactive ketones (excluding diaryl/α,β-unsaturated/α-hetero) is 4. The summed E-state index contributed by atoms with van der Waals surface area (Å²) in [4.78, 5) is 45.9. The zero-order valence-corrected chi connectivity index (χ0v) is 18.1. The lowest BCUT2D eigenvalue weighted by molar-refractivity contribution is -0.120. The fourth-order valence-corrected chi connectivity index (χ4v) is 2.99. The van der Waals surface area contributed by atoms with Gasteiger partial charge in [0.05, 0.1) is 0 Å². The van der Waals surface area contributed by atoms with Gasteiger partial charge in [0, 0.05) is 44.9 Å². The van der Waals surface area contributed by atoms with Crippen LogP contribution < -0.4 is 0 Å². The van der Waals surface area contributed by atoms with Crippen molar-refractivity contribution in [2.24, 2.45) is 0 Å². The molecule has 0 heterocycles. The molecule has 0 saturated carbocycles. The third-order valence-electron chi connectivity index (χ3n) is 4.80. The predicted octanol–water partition coefficient (Wildman–Crippen LogP) is 6.10. The zero-order chi connectivity index (χ0) is 21.0. The van der Waals surface area contributed by atoms with Crippen LogP contribution >= 0.6 is 0 Å². The lowest BCUT2D eigenvalue weighted by Crippen LogP contribution is -2.00. The van der Waals surface area contributed by atoms with Gasteiger partial charge >= 0.3 is 0 Å². The number of allylic oxidation sites excluding steroid dienone is 2. The molecule has 0 atom stereocenters. The molecule has 0 N–H and O–H groups in total. The van der Waals surface area contributed by atoms with E-state index < -0.39 is 0 Å². The highest BCUT2D eigenvalue weighted by molar-refractivity contribution is 5.79. The third-order valence-corrected chi connectivity index (χ3v) is 4.80. The van der Waals surface area contributed by atoms with E-state index in [4.69, 9.17) is 0 Å². The van der Waals surface area contributed by atoms with Crippen molar-refractivity contribution in [3.63, 3.8) is 0 Å². The van der Waals surface area contributed by atoms with Crippen molar-refractivity contribution in [1.29, 1.82) is 0 Å². The first kappa shape index (κ1) is 26.4. The van der Waals surface area contributed by atoms with Gasteiger partial charge in [-0.25, -0.2) is 0 Å². The number of hydrogen-bond donors (Lipinski definition) is 0. The van der Waals surface area contributed by atoms with Gasteiger partial charge in [0.2, 0.25) is 0 Å². The Morgan fingerprint density at radius 3 is 1.39 bits per heavy atom. The van der Waals surface area contributed by atoms with E-state index in [1.807, 2.05) is 12.2 Å². The molecule has 0 aliphatic rings. The maximum Gasteiger partial charge on any atom is 0.133 e. The largest absolute Gasteiger partial charge is 0.300 e. The molecule has 0 radical (unpaired) electrons. The van der Waals surface area contributed by atoms with Gasteiger partial charge in [-0.1, -0.05) is 31.9 Å². The fraction of sp³-hybridized carbons (Fsp3) is 0.750. The Morgan fingerprint density at radius 2 is 0.929 bits per heavy atom. The van der Waals surface area contributed by atoms with Crippen molar-refractivity contribution in [2.75, 3.05) is 0 Å². The third kappa shape index (κ3) is 19.2. The van der Waals surface area contributed by atoms with E-state index in [1.54, 1.807) is 6.92 Å². The summed E-state index contributed by atoms with van der Waals surface area (Å²) in [6, 6.07) is 0. The van der Waals surface area contributed by atoms with Crippen molar-refractivity contribution < 1.29 is 19.2 Å². The summed E-state index contributed by atoms with van der Waals surface area (Å²) in [5.41, 5.74) is 0. The maximum atomic E-state index is 11.8. The number of unbranched alkanes of at least 4 members (excludes halogenated alkanes) is 4. The fourth-order valence-electron chi connectivity index (χ4n) is 2.99. The van der Waals surface area contributed by atoms with Crippen LogP contribution in [0.4, 0.5) is 0 Å². The van der Waals surface area contributed by atoms with Gasteiger partial charge in [0.15, 0.2) is 0 Å². The Hall–Kier alpha value is -1.58. The van der Waals surface area contributed by atoms with Gasteiger partial charge in [-0.3, -0.25) is 14.4 Å². The number of carbonyl (C=O) groups is 4. The van der Waals surface area contributed by atoms with Crippen LogP contribution in [-0.2, 0) is 19.2 Å². The van der Waals surface area contributed by atoms with Crippen molar-refractivity contribution in [3.8, 4) is 0 Å². The highest BCUT2D eigenvalue weighted by atomic mass is 16.1. The standard InChI is InChI=1S/C24H40O4/c1-3-4-15-22(26)16-8-5-6-9-17-23(27)18-10-7-11-19-24(28)20-13-12-14-21(2)25/h5-6H,3-4,7-20H2,1-2H3. The molecule has 0 saturated heterocycles. The van der Waals surface area contributed by atoms with E-state index in [0.717, 1.165) is 57.8 Å². The van der Waals surface area contributed by atoms with E-state index in [9.17, 15) is 19.2 Å². The van der Waals surface area contributed by atoms with Gasteiger partial charge in [-0.05, 0) is 51.9 Å². The van der Waals surface area contributed by atoms with E-state index in [0.29, 0.717) is 50.7 Å². The molecule has 4 nitrogen and oxygen atoms in total. The van der Waals surface area contributed by atoms with E-state index in [1.165, 1.54) is 0 Å². The second kappa shape index (κ2) is 18.8. The SMILES string of the molecule is CCCCC(=O)CCC=CCCC(=O)CCCCCC(=O)CCCCC(C)=O. The monoisotopic (exact) mass is 392 g/mol. The van der Waals surface area contributed by atoms with Crippen LogP contribution in [0.5, 0.6) is 0 Å². The van der Waals surface area contributed by atoms with E-state index >= 15 is 0 Å². The Labute approximate surface area is 171 Å². The molecule has 0 aromatic rings. The molecule has 0 aromatic heterocycles. The molecule has 0 aliphatic carbocycles. The van der Waals surface area contributed by atoms with Gasteiger partial charge in [-0.2, -0.15) is 0 Å². The molecule has 0 bridgehead atoms. The lowest BCUT2D eigenvalue weighted by Gasteiger charge is -2.02. The summed E-state index contributed by atoms with van der Waals surface area (Å²) in [5, 5.41) is 0. The van der Waals surface area contributed by atoms with Gasteiger partial charge < -0.3 is 4.79 Å². The van der Waals surface area contributed by atoms with Crippen LogP contribution in [0.2, 0.25) is 0 Å². The van der Waals surface area contributed by atoms with Crippen LogP contribution in [0.15, 0.2) is 12.2 Å². The zero-order valence-electron chi connectivity index (χ0n) is 18.1. The lowest BCUT2D eigenvalue weighted by atomic mass is 10.0. The summed E-state index contributed by atoms with van der Waals surface area (Å²) in [6.45, 7) is 3.67. The van der Waals surface area contributed by atoms with Gasteiger partial charge in [-0.15, -0.1) is 0 Å². The molecule has 0 aliphatic heterocycles. The number of rotatable bonds is 20. The quantitative estimate of drug-likeness (QED) is 0.185. The smallest absolute Gasteiger partial charge is 0.133 e. The molecule has 0 amide bonds.